The topological polar surface area (TPSA) is 26.3 Å². The van der Waals surface area contributed by atoms with Crippen LogP contribution in [0, 0.1) is 24.2 Å². The summed E-state index contributed by atoms with van der Waals surface area (Å²) in [7, 11) is 0. The number of hydrogen-bond donors (Lipinski definition) is 0. The largest absolute Gasteiger partial charge is 0.457 e. The summed E-state index contributed by atoms with van der Waals surface area (Å²) in [4.78, 5) is 11.7. The molecule has 0 saturated heterocycles. The fourth-order valence-corrected chi connectivity index (χ4v) is 2.62. The average molecular weight is 276 g/mol. The van der Waals surface area contributed by atoms with E-state index in [9.17, 15) is 4.79 Å². The lowest BCUT2D eigenvalue weighted by Gasteiger charge is -2.26. The van der Waals surface area contributed by atoms with Crippen molar-refractivity contribution in [2.45, 2.75) is 71.3 Å². The van der Waals surface area contributed by atoms with E-state index in [0.29, 0.717) is 5.92 Å². The monoisotopic (exact) mass is 276 g/mol. The molecular formula is C18H28O2. The smallest absolute Gasteiger partial charge is 0.330 e. The molecule has 2 heteroatoms. The summed E-state index contributed by atoms with van der Waals surface area (Å²) < 4.78 is 5.37. The summed E-state index contributed by atoms with van der Waals surface area (Å²) in [6.45, 7) is 5.85. The number of allylic oxidation sites excluding steroid dienone is 1. The maximum absolute atomic E-state index is 11.7. The van der Waals surface area contributed by atoms with Gasteiger partial charge in [-0.1, -0.05) is 32.3 Å². The highest BCUT2D eigenvalue weighted by Crippen LogP contribution is 2.31. The van der Waals surface area contributed by atoms with Crippen molar-refractivity contribution >= 4 is 5.97 Å². The third-order valence-corrected chi connectivity index (χ3v) is 4.31. The van der Waals surface area contributed by atoms with Crippen molar-refractivity contribution in [2.24, 2.45) is 11.8 Å². The fraction of sp³-hybridized carbons (Fsp3) is 0.722. The zero-order valence-corrected chi connectivity index (χ0v) is 13.2. The van der Waals surface area contributed by atoms with Gasteiger partial charge in [-0.3, -0.25) is 0 Å². The highest BCUT2D eigenvalue weighted by Gasteiger charge is 2.21. The van der Waals surface area contributed by atoms with Crippen molar-refractivity contribution in [3.8, 4) is 12.3 Å². The molecule has 0 radical (unpaired) electrons. The van der Waals surface area contributed by atoms with Crippen LogP contribution in [-0.4, -0.2) is 11.6 Å². The van der Waals surface area contributed by atoms with Crippen LogP contribution in [0.5, 0.6) is 0 Å². The Hall–Kier alpha value is -1.23. The molecule has 0 aromatic heterocycles. The number of esters is 1. The molecular weight excluding hydrogens is 248 g/mol. The van der Waals surface area contributed by atoms with Gasteiger partial charge in [-0.05, 0) is 45.4 Å². The predicted molar refractivity (Wildman–Crippen MR) is 83.1 cm³/mol. The Kier molecular flexibility index (Phi) is 6.85. The molecule has 0 aromatic rings. The van der Waals surface area contributed by atoms with E-state index < -0.39 is 5.60 Å². The predicted octanol–water partition coefficient (Wildman–Crippen LogP) is 4.49. The molecule has 0 bridgehead atoms. The van der Waals surface area contributed by atoms with Crippen LogP contribution >= 0.6 is 0 Å². The molecule has 1 saturated carbocycles. The number of carbonyl (C=O) groups excluding carboxylic acids is 1. The van der Waals surface area contributed by atoms with Gasteiger partial charge in [0.25, 0.3) is 0 Å². The zero-order chi connectivity index (χ0) is 15.0. The molecule has 112 valence electrons. The Morgan fingerprint density at radius 3 is 2.60 bits per heavy atom. The van der Waals surface area contributed by atoms with Gasteiger partial charge >= 0.3 is 5.97 Å². The summed E-state index contributed by atoms with van der Waals surface area (Å²) in [5.74, 6) is 3.52. The molecule has 1 atom stereocenters. The molecule has 2 nitrogen and oxygen atoms in total. The minimum Gasteiger partial charge on any atom is -0.457 e. The molecule has 0 amide bonds. The highest BCUT2D eigenvalue weighted by atomic mass is 16.6. The molecule has 1 rings (SSSR count). The standard InChI is InChI=1S/C18H28O2/c1-5-15(16-11-8-7-9-12-16)13-10-14-17(19)20-18(3,4)6-2/h1,10,14-16H,6-9,11-13H2,2-4H3/b14-10+/t15-/m0/s1. The average Bonchev–Trinajstić information content (AvgIpc) is 2.44. The number of rotatable bonds is 6. The molecule has 0 spiro atoms. The zero-order valence-electron chi connectivity index (χ0n) is 13.2. The Morgan fingerprint density at radius 2 is 2.05 bits per heavy atom. The van der Waals surface area contributed by atoms with Gasteiger partial charge in [0.05, 0.1) is 0 Å². The van der Waals surface area contributed by atoms with Crippen molar-refractivity contribution < 1.29 is 9.53 Å². The summed E-state index contributed by atoms with van der Waals surface area (Å²) >= 11 is 0. The molecule has 1 aliphatic rings. The first-order valence-electron chi connectivity index (χ1n) is 7.84. The fourth-order valence-electron chi connectivity index (χ4n) is 2.62. The van der Waals surface area contributed by atoms with E-state index in [-0.39, 0.29) is 11.9 Å². The van der Waals surface area contributed by atoms with E-state index in [2.05, 4.69) is 5.92 Å². The molecule has 1 aliphatic carbocycles. The molecule has 0 aliphatic heterocycles. The molecule has 0 heterocycles. The van der Waals surface area contributed by atoms with Crippen molar-refractivity contribution in [1.82, 2.24) is 0 Å². The van der Waals surface area contributed by atoms with Crippen LogP contribution in [0.2, 0.25) is 0 Å². The minimum absolute atomic E-state index is 0.263. The van der Waals surface area contributed by atoms with Crippen LogP contribution in [0.1, 0.15) is 65.7 Å². The normalized spacial score (nSPS) is 18.7. The quantitative estimate of drug-likeness (QED) is 0.406. The number of ether oxygens (including phenoxy) is 1. The van der Waals surface area contributed by atoms with Crippen molar-refractivity contribution in [1.29, 1.82) is 0 Å². The summed E-state index contributed by atoms with van der Waals surface area (Å²) in [6.07, 6.45) is 17.0. The number of hydrogen-bond acceptors (Lipinski definition) is 2. The second-order valence-electron chi connectivity index (χ2n) is 6.34. The minimum atomic E-state index is -0.393. The SMILES string of the molecule is C#C[C@@H](C/C=C/C(=O)OC(C)(C)CC)C1CCCCC1. The van der Waals surface area contributed by atoms with Crippen LogP contribution in [0.15, 0.2) is 12.2 Å². The Morgan fingerprint density at radius 1 is 1.40 bits per heavy atom. The Bertz CT molecular complexity index is 367. The summed E-state index contributed by atoms with van der Waals surface area (Å²) in [5, 5.41) is 0. The van der Waals surface area contributed by atoms with E-state index in [1.807, 2.05) is 26.8 Å². The lowest BCUT2D eigenvalue weighted by Crippen LogP contribution is -2.26. The molecule has 0 unspecified atom stereocenters. The van der Waals surface area contributed by atoms with E-state index >= 15 is 0 Å². The lowest BCUT2D eigenvalue weighted by molar-refractivity contribution is -0.150. The van der Waals surface area contributed by atoms with Gasteiger partial charge in [-0.25, -0.2) is 4.79 Å². The Balaban J connectivity index is 2.41. The van der Waals surface area contributed by atoms with Crippen LogP contribution in [0.4, 0.5) is 0 Å². The molecule has 20 heavy (non-hydrogen) atoms. The van der Waals surface area contributed by atoms with Gasteiger partial charge in [-0.15, -0.1) is 12.3 Å². The summed E-state index contributed by atoms with van der Waals surface area (Å²) in [5.41, 5.74) is -0.393. The van der Waals surface area contributed by atoms with Crippen LogP contribution < -0.4 is 0 Å². The van der Waals surface area contributed by atoms with Crippen molar-refractivity contribution in [2.75, 3.05) is 0 Å². The molecule has 0 aromatic carbocycles. The number of terminal acetylenes is 1. The van der Waals surface area contributed by atoms with E-state index in [0.717, 1.165) is 12.8 Å². The molecule has 1 fully saturated rings. The third-order valence-electron chi connectivity index (χ3n) is 4.31. The number of carbonyl (C=O) groups is 1. The lowest BCUT2D eigenvalue weighted by atomic mass is 9.79. The van der Waals surface area contributed by atoms with Gasteiger partial charge in [0, 0.05) is 12.0 Å². The first-order valence-corrected chi connectivity index (χ1v) is 7.84. The molecule has 0 N–H and O–H groups in total. The van der Waals surface area contributed by atoms with Crippen LogP contribution in [0.25, 0.3) is 0 Å². The van der Waals surface area contributed by atoms with E-state index in [4.69, 9.17) is 11.2 Å². The van der Waals surface area contributed by atoms with E-state index in [1.165, 1.54) is 38.2 Å². The first kappa shape index (κ1) is 16.8. The van der Waals surface area contributed by atoms with Gasteiger partial charge in [0.1, 0.15) is 5.60 Å². The van der Waals surface area contributed by atoms with Crippen molar-refractivity contribution in [3.63, 3.8) is 0 Å². The maximum Gasteiger partial charge on any atom is 0.330 e. The Labute approximate surface area is 124 Å². The maximum atomic E-state index is 11.7. The van der Waals surface area contributed by atoms with E-state index in [1.54, 1.807) is 0 Å². The van der Waals surface area contributed by atoms with Gasteiger partial charge < -0.3 is 4.74 Å². The second-order valence-corrected chi connectivity index (χ2v) is 6.34. The van der Waals surface area contributed by atoms with Crippen molar-refractivity contribution in [3.05, 3.63) is 12.2 Å². The van der Waals surface area contributed by atoms with Gasteiger partial charge in [0.2, 0.25) is 0 Å². The van der Waals surface area contributed by atoms with Gasteiger partial charge in [-0.2, -0.15) is 0 Å². The first-order chi connectivity index (χ1) is 9.48. The third kappa shape index (κ3) is 5.82. The second kappa shape index (κ2) is 8.15. The summed E-state index contributed by atoms with van der Waals surface area (Å²) in [6, 6.07) is 0. The van der Waals surface area contributed by atoms with Crippen LogP contribution in [0.3, 0.4) is 0 Å². The van der Waals surface area contributed by atoms with Crippen LogP contribution in [-0.2, 0) is 9.53 Å². The van der Waals surface area contributed by atoms with Gasteiger partial charge in [0.15, 0.2) is 0 Å². The highest BCUT2D eigenvalue weighted by molar-refractivity contribution is 5.82.